The van der Waals surface area contributed by atoms with Crippen molar-refractivity contribution in [3.63, 3.8) is 0 Å². The van der Waals surface area contributed by atoms with Gasteiger partial charge in [-0.25, -0.2) is 0 Å². The maximum atomic E-state index is 9.98. The predicted octanol–water partition coefficient (Wildman–Crippen LogP) is 3.51. The molecule has 0 aromatic heterocycles. The number of aliphatic hydroxyl groups is 1. The minimum atomic E-state index is -0.794. The van der Waals surface area contributed by atoms with Crippen LogP contribution in [-0.4, -0.2) is 11.2 Å². The van der Waals surface area contributed by atoms with Gasteiger partial charge in [0.25, 0.3) is 0 Å². The first kappa shape index (κ1) is 12.8. The lowest BCUT2D eigenvalue weighted by molar-refractivity contribution is 0.230. The lowest BCUT2D eigenvalue weighted by Gasteiger charge is -2.19. The SMILES string of the molecule is C#C[C@@H](O)[C@H](Sc1ccccc1)c1ccccc1. The highest BCUT2D eigenvalue weighted by molar-refractivity contribution is 7.99. The molecule has 2 aromatic rings. The van der Waals surface area contributed by atoms with Crippen molar-refractivity contribution in [2.45, 2.75) is 16.2 Å². The zero-order chi connectivity index (χ0) is 12.8. The zero-order valence-corrected chi connectivity index (χ0v) is 10.7. The molecule has 0 fully saturated rings. The fraction of sp³-hybridized carbons (Fsp3) is 0.125. The third-order valence-electron chi connectivity index (χ3n) is 2.59. The molecule has 0 radical (unpaired) electrons. The summed E-state index contributed by atoms with van der Waals surface area (Å²) in [5.74, 6) is 2.42. The summed E-state index contributed by atoms with van der Waals surface area (Å²) in [6.07, 6.45) is 4.56. The first-order chi connectivity index (χ1) is 8.81. The van der Waals surface area contributed by atoms with E-state index in [9.17, 15) is 5.11 Å². The van der Waals surface area contributed by atoms with E-state index >= 15 is 0 Å². The van der Waals surface area contributed by atoms with Crippen LogP contribution >= 0.6 is 11.8 Å². The van der Waals surface area contributed by atoms with Crippen LogP contribution in [0, 0.1) is 12.3 Å². The zero-order valence-electron chi connectivity index (χ0n) is 9.86. The summed E-state index contributed by atoms with van der Waals surface area (Å²) in [7, 11) is 0. The molecule has 0 aliphatic carbocycles. The summed E-state index contributed by atoms with van der Waals surface area (Å²) >= 11 is 1.58. The van der Waals surface area contributed by atoms with Crippen LogP contribution in [0.25, 0.3) is 0 Å². The third-order valence-corrected chi connectivity index (χ3v) is 3.92. The van der Waals surface area contributed by atoms with Crippen molar-refractivity contribution < 1.29 is 5.11 Å². The van der Waals surface area contributed by atoms with E-state index in [2.05, 4.69) is 5.92 Å². The van der Waals surface area contributed by atoms with Gasteiger partial charge in [-0.1, -0.05) is 54.5 Å². The van der Waals surface area contributed by atoms with Crippen LogP contribution in [0.2, 0.25) is 0 Å². The average Bonchev–Trinajstić information content (AvgIpc) is 2.46. The molecule has 0 aliphatic rings. The molecule has 2 aromatic carbocycles. The molecule has 2 heteroatoms. The van der Waals surface area contributed by atoms with E-state index < -0.39 is 6.10 Å². The van der Waals surface area contributed by atoms with Crippen LogP contribution in [-0.2, 0) is 0 Å². The number of aliphatic hydroxyl groups excluding tert-OH is 1. The molecule has 0 bridgehead atoms. The van der Waals surface area contributed by atoms with E-state index in [1.807, 2.05) is 60.7 Å². The number of thioether (sulfide) groups is 1. The van der Waals surface area contributed by atoms with Gasteiger partial charge in [0.15, 0.2) is 0 Å². The van der Waals surface area contributed by atoms with Crippen LogP contribution in [0.3, 0.4) is 0 Å². The summed E-state index contributed by atoms with van der Waals surface area (Å²) in [4.78, 5) is 1.10. The Morgan fingerprint density at radius 1 is 0.944 bits per heavy atom. The van der Waals surface area contributed by atoms with Crippen LogP contribution < -0.4 is 0 Å². The summed E-state index contributed by atoms with van der Waals surface area (Å²) < 4.78 is 0. The Hall–Kier alpha value is -1.69. The molecular weight excluding hydrogens is 240 g/mol. The average molecular weight is 254 g/mol. The highest BCUT2D eigenvalue weighted by Gasteiger charge is 2.20. The van der Waals surface area contributed by atoms with Gasteiger partial charge < -0.3 is 5.11 Å². The van der Waals surface area contributed by atoms with Crippen molar-refractivity contribution in [3.8, 4) is 12.3 Å². The van der Waals surface area contributed by atoms with Crippen LogP contribution in [0.4, 0.5) is 0 Å². The number of hydrogen-bond donors (Lipinski definition) is 1. The van der Waals surface area contributed by atoms with Crippen LogP contribution in [0.15, 0.2) is 65.6 Å². The molecule has 1 nitrogen and oxygen atoms in total. The molecule has 2 atom stereocenters. The normalized spacial score (nSPS) is 13.6. The Labute approximate surface area is 112 Å². The Morgan fingerprint density at radius 2 is 1.50 bits per heavy atom. The van der Waals surface area contributed by atoms with Gasteiger partial charge >= 0.3 is 0 Å². The van der Waals surface area contributed by atoms with E-state index in [0.717, 1.165) is 10.5 Å². The number of rotatable bonds is 4. The van der Waals surface area contributed by atoms with Crippen LogP contribution in [0.1, 0.15) is 10.8 Å². The quantitative estimate of drug-likeness (QED) is 0.665. The van der Waals surface area contributed by atoms with Crippen molar-refractivity contribution in [2.24, 2.45) is 0 Å². The molecule has 0 saturated heterocycles. The molecule has 0 spiro atoms. The van der Waals surface area contributed by atoms with Gasteiger partial charge in [-0.05, 0) is 17.7 Å². The second-order valence-electron chi connectivity index (χ2n) is 3.87. The third kappa shape index (κ3) is 3.16. The minimum absolute atomic E-state index is 0.140. The first-order valence-corrected chi connectivity index (χ1v) is 6.60. The molecule has 90 valence electrons. The lowest BCUT2D eigenvalue weighted by Crippen LogP contribution is -2.13. The van der Waals surface area contributed by atoms with Gasteiger partial charge in [-0.3, -0.25) is 0 Å². The van der Waals surface area contributed by atoms with Crippen molar-refractivity contribution >= 4 is 11.8 Å². The van der Waals surface area contributed by atoms with E-state index in [-0.39, 0.29) is 5.25 Å². The van der Waals surface area contributed by atoms with Crippen molar-refractivity contribution in [2.75, 3.05) is 0 Å². The second-order valence-corrected chi connectivity index (χ2v) is 5.09. The van der Waals surface area contributed by atoms with Gasteiger partial charge in [0.1, 0.15) is 6.10 Å². The molecule has 18 heavy (non-hydrogen) atoms. The van der Waals surface area contributed by atoms with E-state index in [1.165, 1.54) is 0 Å². The van der Waals surface area contributed by atoms with Crippen LogP contribution in [0.5, 0.6) is 0 Å². The largest absolute Gasteiger partial charge is 0.379 e. The van der Waals surface area contributed by atoms with Crippen molar-refractivity contribution in [3.05, 3.63) is 66.2 Å². The Balaban J connectivity index is 2.25. The first-order valence-electron chi connectivity index (χ1n) is 5.72. The number of terminal acetylenes is 1. The van der Waals surface area contributed by atoms with E-state index in [4.69, 9.17) is 6.42 Å². The highest BCUT2D eigenvalue weighted by Crippen LogP contribution is 2.37. The summed E-state index contributed by atoms with van der Waals surface area (Å²) in [6, 6.07) is 19.8. The van der Waals surface area contributed by atoms with E-state index in [0.29, 0.717) is 0 Å². The summed E-state index contributed by atoms with van der Waals surface area (Å²) in [5.41, 5.74) is 1.04. The maximum absolute atomic E-state index is 9.98. The fourth-order valence-electron chi connectivity index (χ4n) is 1.69. The highest BCUT2D eigenvalue weighted by atomic mass is 32.2. The van der Waals surface area contributed by atoms with Gasteiger partial charge in [0.05, 0.1) is 5.25 Å². The smallest absolute Gasteiger partial charge is 0.130 e. The van der Waals surface area contributed by atoms with Gasteiger partial charge in [-0.2, -0.15) is 0 Å². The Morgan fingerprint density at radius 3 is 2.06 bits per heavy atom. The number of hydrogen-bond acceptors (Lipinski definition) is 2. The van der Waals surface area contributed by atoms with Gasteiger partial charge in [0.2, 0.25) is 0 Å². The maximum Gasteiger partial charge on any atom is 0.130 e. The minimum Gasteiger partial charge on any atom is -0.379 e. The second kappa shape index (κ2) is 6.30. The standard InChI is InChI=1S/C16H14OS/c1-2-15(17)16(13-9-5-3-6-10-13)18-14-11-7-4-8-12-14/h1,3-12,15-17H/t15-,16-/m1/s1. The van der Waals surface area contributed by atoms with Gasteiger partial charge in [0, 0.05) is 4.90 Å². The molecule has 0 unspecified atom stereocenters. The molecule has 1 N–H and O–H groups in total. The topological polar surface area (TPSA) is 20.2 Å². The van der Waals surface area contributed by atoms with Crippen molar-refractivity contribution in [1.29, 1.82) is 0 Å². The molecule has 0 heterocycles. The molecular formula is C16H14OS. The Bertz CT molecular complexity index is 516. The Kier molecular flexibility index (Phi) is 4.46. The number of benzene rings is 2. The molecule has 0 aliphatic heterocycles. The monoisotopic (exact) mass is 254 g/mol. The molecule has 2 rings (SSSR count). The summed E-state index contributed by atoms with van der Waals surface area (Å²) in [6.45, 7) is 0. The van der Waals surface area contributed by atoms with E-state index in [1.54, 1.807) is 11.8 Å². The summed E-state index contributed by atoms with van der Waals surface area (Å²) in [5, 5.41) is 9.84. The predicted molar refractivity (Wildman–Crippen MR) is 76.3 cm³/mol. The molecule has 0 saturated carbocycles. The van der Waals surface area contributed by atoms with Crippen molar-refractivity contribution in [1.82, 2.24) is 0 Å². The fourth-order valence-corrected chi connectivity index (χ4v) is 2.80. The lowest BCUT2D eigenvalue weighted by atomic mass is 10.1. The molecule has 0 amide bonds. The van der Waals surface area contributed by atoms with Gasteiger partial charge in [-0.15, -0.1) is 18.2 Å².